The first-order valence-electron chi connectivity index (χ1n) is 9.32. The highest BCUT2D eigenvalue weighted by molar-refractivity contribution is 5.91. The van der Waals surface area contributed by atoms with E-state index in [0.717, 1.165) is 12.2 Å². The molecule has 2 aromatic rings. The number of anilines is 1. The van der Waals surface area contributed by atoms with Crippen LogP contribution in [0.1, 0.15) is 33.6 Å². The Kier molecular flexibility index (Phi) is 7.86. The van der Waals surface area contributed by atoms with Crippen LogP contribution in [0.15, 0.2) is 54.6 Å². The van der Waals surface area contributed by atoms with Gasteiger partial charge < -0.3 is 15.0 Å². The fourth-order valence-electron chi connectivity index (χ4n) is 2.53. The molecule has 0 aliphatic carbocycles. The van der Waals surface area contributed by atoms with Crippen molar-refractivity contribution < 1.29 is 14.3 Å². The molecule has 0 atom stereocenters. The molecule has 0 radical (unpaired) electrons. The summed E-state index contributed by atoms with van der Waals surface area (Å²) in [6, 6.07) is 16.8. The van der Waals surface area contributed by atoms with E-state index >= 15 is 0 Å². The number of rotatable bonds is 9. The second kappa shape index (κ2) is 10.4. The van der Waals surface area contributed by atoms with Gasteiger partial charge in [-0.15, -0.1) is 0 Å². The average molecular weight is 368 g/mol. The SMILES string of the molecule is CC(=O)N(CCC(=O)Nc1ccc(Oc2ccccc2)cc1)CCC(C)C. The summed E-state index contributed by atoms with van der Waals surface area (Å²) in [5.74, 6) is 1.89. The van der Waals surface area contributed by atoms with Crippen LogP contribution < -0.4 is 10.1 Å². The summed E-state index contributed by atoms with van der Waals surface area (Å²) in [4.78, 5) is 25.6. The van der Waals surface area contributed by atoms with Crippen molar-refractivity contribution in [1.82, 2.24) is 4.90 Å². The van der Waals surface area contributed by atoms with Gasteiger partial charge in [0.2, 0.25) is 11.8 Å². The molecule has 0 aliphatic heterocycles. The minimum absolute atomic E-state index is 0.00543. The summed E-state index contributed by atoms with van der Waals surface area (Å²) in [5.41, 5.74) is 0.706. The number of hydrogen-bond donors (Lipinski definition) is 1. The predicted octanol–water partition coefficient (Wildman–Crippen LogP) is 4.70. The number of nitrogens with zero attached hydrogens (tertiary/aromatic N) is 1. The largest absolute Gasteiger partial charge is 0.457 e. The van der Waals surface area contributed by atoms with Crippen LogP contribution in [0, 0.1) is 5.92 Å². The summed E-state index contributed by atoms with van der Waals surface area (Å²) in [7, 11) is 0. The molecule has 0 heterocycles. The molecule has 27 heavy (non-hydrogen) atoms. The quantitative estimate of drug-likeness (QED) is 0.698. The van der Waals surface area contributed by atoms with Crippen LogP contribution in [0.4, 0.5) is 5.69 Å². The number of amides is 2. The topological polar surface area (TPSA) is 58.6 Å². The van der Waals surface area contributed by atoms with Crippen LogP contribution in [0.3, 0.4) is 0 Å². The molecule has 0 aliphatic rings. The third-order valence-electron chi connectivity index (χ3n) is 4.15. The monoisotopic (exact) mass is 368 g/mol. The van der Waals surface area contributed by atoms with Crippen LogP contribution in [-0.2, 0) is 9.59 Å². The first-order valence-corrected chi connectivity index (χ1v) is 9.32. The van der Waals surface area contributed by atoms with Crippen molar-refractivity contribution in [3.8, 4) is 11.5 Å². The number of nitrogens with one attached hydrogen (secondary N) is 1. The lowest BCUT2D eigenvalue weighted by atomic mass is 10.1. The molecule has 0 bridgehead atoms. The number of hydrogen-bond acceptors (Lipinski definition) is 3. The zero-order valence-corrected chi connectivity index (χ0v) is 16.3. The Bertz CT molecular complexity index is 727. The van der Waals surface area contributed by atoms with Crippen molar-refractivity contribution in [3.63, 3.8) is 0 Å². The van der Waals surface area contributed by atoms with Crippen molar-refractivity contribution in [2.75, 3.05) is 18.4 Å². The Morgan fingerprint density at radius 1 is 0.963 bits per heavy atom. The number of carbonyl (C=O) groups excluding carboxylic acids is 2. The Balaban J connectivity index is 1.81. The van der Waals surface area contributed by atoms with Gasteiger partial charge in [0.15, 0.2) is 0 Å². The van der Waals surface area contributed by atoms with Crippen LogP contribution in [0.2, 0.25) is 0 Å². The highest BCUT2D eigenvalue weighted by atomic mass is 16.5. The van der Waals surface area contributed by atoms with Crippen molar-refractivity contribution in [3.05, 3.63) is 54.6 Å². The predicted molar refractivity (Wildman–Crippen MR) is 108 cm³/mol. The Morgan fingerprint density at radius 3 is 2.19 bits per heavy atom. The third kappa shape index (κ3) is 7.52. The fourth-order valence-corrected chi connectivity index (χ4v) is 2.53. The smallest absolute Gasteiger partial charge is 0.226 e. The van der Waals surface area contributed by atoms with E-state index < -0.39 is 0 Å². The van der Waals surface area contributed by atoms with Gasteiger partial charge in [-0.25, -0.2) is 0 Å². The number of ether oxygens (including phenoxy) is 1. The van der Waals surface area contributed by atoms with E-state index in [4.69, 9.17) is 4.74 Å². The lowest BCUT2D eigenvalue weighted by Crippen LogP contribution is -2.33. The summed E-state index contributed by atoms with van der Waals surface area (Å²) in [6.45, 7) is 6.91. The molecule has 5 heteroatoms. The maximum atomic E-state index is 12.2. The second-order valence-electron chi connectivity index (χ2n) is 6.93. The molecule has 0 spiro atoms. The molecule has 0 saturated heterocycles. The van der Waals surface area contributed by atoms with Crippen LogP contribution in [-0.4, -0.2) is 29.8 Å². The molecule has 0 unspecified atom stereocenters. The van der Waals surface area contributed by atoms with E-state index in [0.29, 0.717) is 30.4 Å². The lowest BCUT2D eigenvalue weighted by molar-refractivity contribution is -0.129. The second-order valence-corrected chi connectivity index (χ2v) is 6.93. The minimum Gasteiger partial charge on any atom is -0.457 e. The molecule has 2 amide bonds. The summed E-state index contributed by atoms with van der Waals surface area (Å²) < 4.78 is 5.73. The normalized spacial score (nSPS) is 10.5. The number of benzene rings is 2. The molecule has 144 valence electrons. The van der Waals surface area contributed by atoms with Crippen LogP contribution in [0.5, 0.6) is 11.5 Å². The van der Waals surface area contributed by atoms with Gasteiger partial charge in [-0.05, 0) is 48.7 Å². The zero-order chi connectivity index (χ0) is 19.6. The van der Waals surface area contributed by atoms with Gasteiger partial charge in [-0.1, -0.05) is 32.0 Å². The zero-order valence-electron chi connectivity index (χ0n) is 16.3. The number of carbonyl (C=O) groups is 2. The summed E-state index contributed by atoms with van der Waals surface area (Å²) in [5, 5.41) is 2.86. The summed E-state index contributed by atoms with van der Waals surface area (Å²) in [6.07, 6.45) is 1.21. The molecule has 0 fully saturated rings. The highest BCUT2D eigenvalue weighted by Crippen LogP contribution is 2.22. The minimum atomic E-state index is -0.109. The van der Waals surface area contributed by atoms with Crippen LogP contribution >= 0.6 is 0 Å². The van der Waals surface area contributed by atoms with Gasteiger partial charge in [0.05, 0.1) is 0 Å². The Morgan fingerprint density at radius 2 is 1.59 bits per heavy atom. The van der Waals surface area contributed by atoms with E-state index in [1.807, 2.05) is 42.5 Å². The summed E-state index contributed by atoms with van der Waals surface area (Å²) >= 11 is 0. The first kappa shape index (κ1) is 20.5. The lowest BCUT2D eigenvalue weighted by Gasteiger charge is -2.21. The van der Waals surface area contributed by atoms with E-state index in [2.05, 4.69) is 19.2 Å². The van der Waals surface area contributed by atoms with Gasteiger partial charge in [-0.3, -0.25) is 9.59 Å². The van der Waals surface area contributed by atoms with Crippen LogP contribution in [0.25, 0.3) is 0 Å². The molecule has 2 rings (SSSR count). The molecule has 5 nitrogen and oxygen atoms in total. The highest BCUT2D eigenvalue weighted by Gasteiger charge is 2.12. The standard InChI is InChI=1S/C22H28N2O3/c1-17(2)13-15-24(18(3)25)16-14-22(26)23-19-9-11-21(12-10-19)27-20-7-5-4-6-8-20/h4-12,17H,13-16H2,1-3H3,(H,23,26). The van der Waals surface area contributed by atoms with Crippen molar-refractivity contribution in [2.45, 2.75) is 33.6 Å². The van der Waals surface area contributed by atoms with Gasteiger partial charge in [0.25, 0.3) is 0 Å². The van der Waals surface area contributed by atoms with Crippen molar-refractivity contribution >= 4 is 17.5 Å². The average Bonchev–Trinajstić information content (AvgIpc) is 2.63. The van der Waals surface area contributed by atoms with E-state index in [-0.39, 0.29) is 18.2 Å². The third-order valence-corrected chi connectivity index (χ3v) is 4.15. The van der Waals surface area contributed by atoms with Crippen molar-refractivity contribution in [1.29, 1.82) is 0 Å². The maximum absolute atomic E-state index is 12.2. The van der Waals surface area contributed by atoms with Gasteiger partial charge in [0, 0.05) is 32.1 Å². The van der Waals surface area contributed by atoms with Gasteiger partial charge in [0.1, 0.15) is 11.5 Å². The number of para-hydroxylation sites is 1. The molecular formula is C22H28N2O3. The van der Waals surface area contributed by atoms with Gasteiger partial charge >= 0.3 is 0 Å². The van der Waals surface area contributed by atoms with Crippen molar-refractivity contribution in [2.24, 2.45) is 5.92 Å². The van der Waals surface area contributed by atoms with E-state index in [1.54, 1.807) is 24.0 Å². The fraction of sp³-hybridized carbons (Fsp3) is 0.364. The Labute approximate surface area is 161 Å². The molecular weight excluding hydrogens is 340 g/mol. The van der Waals surface area contributed by atoms with Gasteiger partial charge in [-0.2, -0.15) is 0 Å². The molecule has 0 aromatic heterocycles. The Hall–Kier alpha value is -2.82. The first-order chi connectivity index (χ1) is 12.9. The molecule has 1 N–H and O–H groups in total. The van der Waals surface area contributed by atoms with E-state index in [1.165, 1.54) is 0 Å². The maximum Gasteiger partial charge on any atom is 0.226 e. The van der Waals surface area contributed by atoms with E-state index in [9.17, 15) is 9.59 Å². The molecule has 0 saturated carbocycles. The molecule has 2 aromatic carbocycles.